The lowest BCUT2D eigenvalue weighted by molar-refractivity contribution is 0.00538. The summed E-state index contributed by atoms with van der Waals surface area (Å²) in [6, 6.07) is 13.5. The molecule has 0 saturated carbocycles. The molecule has 6 heteroatoms. The van der Waals surface area contributed by atoms with Crippen LogP contribution in [-0.4, -0.2) is 35.6 Å². The summed E-state index contributed by atoms with van der Waals surface area (Å²) in [6.45, 7) is 7.92. The van der Waals surface area contributed by atoms with Gasteiger partial charge in [-0.1, -0.05) is 42.0 Å². The molecule has 0 unspecified atom stereocenters. The van der Waals surface area contributed by atoms with Crippen molar-refractivity contribution in [3.05, 3.63) is 64.2 Å². The minimum absolute atomic E-state index is 0. The number of rotatable bonds is 1. The predicted molar refractivity (Wildman–Crippen MR) is 111 cm³/mol. The molecule has 2 N–H and O–H groups in total. The molecule has 2 heterocycles. The Hall–Kier alpha value is -2.08. The van der Waals surface area contributed by atoms with E-state index in [4.69, 9.17) is 9.84 Å². The van der Waals surface area contributed by atoms with Crippen molar-refractivity contribution in [1.29, 1.82) is 0 Å². The van der Waals surface area contributed by atoms with E-state index in [0.717, 1.165) is 18.9 Å². The van der Waals surface area contributed by atoms with E-state index in [9.17, 15) is 0 Å². The van der Waals surface area contributed by atoms with Gasteiger partial charge in [0.15, 0.2) is 5.84 Å². The minimum Gasteiger partial charge on any atom is -0.412 e. The molecule has 2 aromatic rings. The number of ether oxygens (including phenoxy) is 1. The highest BCUT2D eigenvalue weighted by Gasteiger charge is 2.45. The van der Waals surface area contributed by atoms with Crippen LogP contribution in [0.5, 0.6) is 0 Å². The average molecular weight is 388 g/mol. The molecule has 5 nitrogen and oxygen atoms in total. The molecule has 144 valence electrons. The van der Waals surface area contributed by atoms with Gasteiger partial charge >= 0.3 is 0 Å². The van der Waals surface area contributed by atoms with E-state index in [1.807, 2.05) is 0 Å². The monoisotopic (exact) mass is 387 g/mol. The van der Waals surface area contributed by atoms with Gasteiger partial charge in [-0.25, -0.2) is 5.01 Å². The zero-order valence-corrected chi connectivity index (χ0v) is 16.7. The number of halogens is 1. The highest BCUT2D eigenvalue weighted by Crippen LogP contribution is 2.42. The van der Waals surface area contributed by atoms with Crippen LogP contribution in [0.4, 0.5) is 5.69 Å². The molecule has 2 aliphatic heterocycles. The molecule has 5 rings (SSSR count). The van der Waals surface area contributed by atoms with Crippen LogP contribution in [0.3, 0.4) is 0 Å². The van der Waals surface area contributed by atoms with Crippen LogP contribution in [0.25, 0.3) is 0 Å². The van der Waals surface area contributed by atoms with Gasteiger partial charge in [-0.3, -0.25) is 0 Å². The Morgan fingerprint density at radius 1 is 1.07 bits per heavy atom. The maximum atomic E-state index is 6.16. The molecule has 0 amide bonds. The van der Waals surface area contributed by atoms with Crippen LogP contribution >= 0.6 is 12.4 Å². The molecule has 0 aromatic heterocycles. The Bertz CT molecular complexity index is 876. The summed E-state index contributed by atoms with van der Waals surface area (Å²) < 4.78 is 6.16. The number of anilines is 1. The summed E-state index contributed by atoms with van der Waals surface area (Å²) in [7, 11) is 0. The third-order valence-corrected chi connectivity index (χ3v) is 5.66. The summed E-state index contributed by atoms with van der Waals surface area (Å²) in [5.74, 6) is 1.05. The molecule has 1 aliphatic carbocycles. The van der Waals surface area contributed by atoms with Crippen molar-refractivity contribution < 1.29 is 10.2 Å². The van der Waals surface area contributed by atoms with E-state index in [-0.39, 0.29) is 24.0 Å². The molecule has 0 radical (unpaired) electrons. The van der Waals surface area contributed by atoms with Crippen LogP contribution in [0.15, 0.2) is 41.5 Å². The van der Waals surface area contributed by atoms with E-state index in [1.165, 1.54) is 33.5 Å². The van der Waals surface area contributed by atoms with Crippen LogP contribution in [-0.2, 0) is 11.2 Å². The third kappa shape index (κ3) is 3.00. The summed E-state index contributed by atoms with van der Waals surface area (Å²) in [4.78, 5) is 2.44. The Morgan fingerprint density at radius 2 is 1.78 bits per heavy atom. The molecule has 0 bridgehead atoms. The van der Waals surface area contributed by atoms with Gasteiger partial charge < -0.3 is 15.1 Å². The second kappa shape index (κ2) is 7.15. The highest BCUT2D eigenvalue weighted by atomic mass is 35.5. The van der Waals surface area contributed by atoms with Gasteiger partial charge in [-0.15, -0.1) is 12.4 Å². The number of fused-ring (bicyclic) bond motifs is 5. The van der Waals surface area contributed by atoms with Gasteiger partial charge in [0.2, 0.25) is 0 Å². The predicted octanol–water partition coefficient (Wildman–Crippen LogP) is 3.30. The van der Waals surface area contributed by atoms with Crippen molar-refractivity contribution in [2.45, 2.75) is 39.3 Å². The maximum Gasteiger partial charge on any atom is 0.153 e. The highest BCUT2D eigenvalue weighted by molar-refractivity contribution is 5.88. The first-order valence-electron chi connectivity index (χ1n) is 9.01. The van der Waals surface area contributed by atoms with Gasteiger partial charge in [-0.2, -0.15) is 5.10 Å². The Kier molecular flexibility index (Phi) is 5.21. The van der Waals surface area contributed by atoms with E-state index >= 15 is 0 Å². The fraction of sp³-hybridized carbons (Fsp3) is 0.381. The molecule has 2 aromatic carbocycles. The largest absolute Gasteiger partial charge is 0.412 e. The first-order valence-corrected chi connectivity index (χ1v) is 9.01. The van der Waals surface area contributed by atoms with Crippen molar-refractivity contribution in [3.8, 4) is 0 Å². The third-order valence-electron chi connectivity index (χ3n) is 5.66. The number of hydrogen-bond donors (Lipinski definition) is 0. The second-order valence-electron chi connectivity index (χ2n) is 7.47. The van der Waals surface area contributed by atoms with Crippen LogP contribution in [0.2, 0.25) is 0 Å². The van der Waals surface area contributed by atoms with E-state index < -0.39 is 0 Å². The Balaban J connectivity index is 0.00000105. The van der Waals surface area contributed by atoms with Crippen molar-refractivity contribution in [2.75, 3.05) is 18.3 Å². The number of nitrogens with zero attached hydrogens (tertiary/aromatic N) is 3. The molecule has 2 atom stereocenters. The molecule has 1 saturated heterocycles. The number of hydrazone groups is 1. The van der Waals surface area contributed by atoms with Crippen molar-refractivity contribution in [1.82, 2.24) is 4.90 Å². The lowest BCUT2D eigenvalue weighted by Crippen LogP contribution is -2.46. The van der Waals surface area contributed by atoms with Gasteiger partial charge in [-0.05, 0) is 43.0 Å². The number of aryl methyl sites for hydroxylation is 3. The van der Waals surface area contributed by atoms with Gasteiger partial charge in [0.25, 0.3) is 0 Å². The lowest BCUT2D eigenvalue weighted by atomic mass is 10.0. The maximum absolute atomic E-state index is 6.16. The van der Waals surface area contributed by atoms with Crippen LogP contribution in [0, 0.1) is 20.8 Å². The number of morpholine rings is 1. The normalized spacial score (nSPS) is 22.3. The lowest BCUT2D eigenvalue weighted by Gasteiger charge is -2.37. The molecule has 27 heavy (non-hydrogen) atoms. The van der Waals surface area contributed by atoms with E-state index in [0.29, 0.717) is 12.6 Å². The Morgan fingerprint density at radius 3 is 2.52 bits per heavy atom. The van der Waals surface area contributed by atoms with Crippen LogP contribution < -0.4 is 5.01 Å². The standard InChI is InChI=1S/C21H23N3O.ClH.H2O/c1-13-8-14(2)20(15(3)9-13)24-12-23-19(22-24)11-25-18-10-16-6-4-5-7-17(16)21(18)23;;/h4-9,18,21H,10-12H2,1-3H3;1H;1H2/t18-,21+;;/m1../s1. The molecule has 3 aliphatic rings. The summed E-state index contributed by atoms with van der Waals surface area (Å²) in [5.41, 5.74) is 7.92. The van der Waals surface area contributed by atoms with Crippen molar-refractivity contribution in [3.63, 3.8) is 0 Å². The average Bonchev–Trinajstić information content (AvgIpc) is 3.13. The minimum atomic E-state index is 0. The van der Waals surface area contributed by atoms with E-state index in [1.54, 1.807) is 0 Å². The smallest absolute Gasteiger partial charge is 0.153 e. The fourth-order valence-corrected chi connectivity index (χ4v) is 4.75. The quantitative estimate of drug-likeness (QED) is 0.754. The summed E-state index contributed by atoms with van der Waals surface area (Å²) in [6.07, 6.45) is 1.25. The summed E-state index contributed by atoms with van der Waals surface area (Å²) in [5, 5.41) is 7.07. The molecule has 0 spiro atoms. The topological polar surface area (TPSA) is 59.6 Å². The van der Waals surface area contributed by atoms with Gasteiger partial charge in [0.05, 0.1) is 17.8 Å². The number of amidine groups is 1. The first kappa shape index (κ1) is 19.7. The number of benzene rings is 2. The zero-order chi connectivity index (χ0) is 17.1. The second-order valence-corrected chi connectivity index (χ2v) is 7.47. The molecular weight excluding hydrogens is 362 g/mol. The zero-order valence-electron chi connectivity index (χ0n) is 15.9. The van der Waals surface area contributed by atoms with Gasteiger partial charge in [0.1, 0.15) is 13.3 Å². The number of hydrogen-bond acceptors (Lipinski definition) is 4. The van der Waals surface area contributed by atoms with Gasteiger partial charge in [0, 0.05) is 6.42 Å². The Labute approximate surface area is 166 Å². The SMILES string of the molecule is Cc1cc(C)c(N2CN3C(=N2)CO[C@@H]2Cc4ccccc4[C@@H]23)c(C)c1.Cl.O. The van der Waals surface area contributed by atoms with E-state index in [2.05, 4.69) is 67.1 Å². The van der Waals surface area contributed by atoms with Crippen LogP contribution in [0.1, 0.15) is 33.9 Å². The molecule has 1 fully saturated rings. The first-order chi connectivity index (χ1) is 12.1. The summed E-state index contributed by atoms with van der Waals surface area (Å²) >= 11 is 0. The molecular formula is C21H26ClN3O2. The fourth-order valence-electron chi connectivity index (χ4n) is 4.75. The van der Waals surface area contributed by atoms with Crippen molar-refractivity contribution >= 4 is 23.9 Å². The van der Waals surface area contributed by atoms with Crippen molar-refractivity contribution in [2.24, 2.45) is 5.10 Å².